The zero-order valence-electron chi connectivity index (χ0n) is 15.9. The molecule has 2 aromatic carbocycles. The van der Waals surface area contributed by atoms with Gasteiger partial charge in [0.05, 0.1) is 19.1 Å². The molecule has 0 radical (unpaired) electrons. The van der Waals surface area contributed by atoms with Gasteiger partial charge in [-0.1, -0.05) is 6.07 Å². The molecule has 0 fully saturated rings. The van der Waals surface area contributed by atoms with E-state index in [9.17, 15) is 13.2 Å². The summed E-state index contributed by atoms with van der Waals surface area (Å²) in [5.74, 6) is 0.754. The number of aryl methyl sites for hydroxylation is 2. The molecule has 0 saturated heterocycles. The highest BCUT2D eigenvalue weighted by molar-refractivity contribution is 7.89. The van der Waals surface area contributed by atoms with Crippen molar-refractivity contribution in [1.82, 2.24) is 4.72 Å². The van der Waals surface area contributed by atoms with Crippen molar-refractivity contribution in [1.29, 1.82) is 0 Å². The molecule has 0 aromatic heterocycles. The maximum absolute atomic E-state index is 12.5. The Morgan fingerprint density at radius 1 is 1.00 bits per heavy atom. The summed E-state index contributed by atoms with van der Waals surface area (Å²) in [7, 11) is -0.595. The third kappa shape index (κ3) is 4.63. The molecule has 1 aliphatic carbocycles. The Kier molecular flexibility index (Phi) is 6.21. The first kappa shape index (κ1) is 20.2. The molecule has 3 rings (SSSR count). The Morgan fingerprint density at radius 3 is 2.50 bits per heavy atom. The summed E-state index contributed by atoms with van der Waals surface area (Å²) in [6.45, 7) is 0.0124. The minimum absolute atomic E-state index is 0.0124. The summed E-state index contributed by atoms with van der Waals surface area (Å²) in [5, 5.41) is 2.72. The number of carbonyl (C=O) groups excluding carboxylic acids is 1. The second kappa shape index (κ2) is 8.62. The van der Waals surface area contributed by atoms with Crippen molar-refractivity contribution in [3.63, 3.8) is 0 Å². The highest BCUT2D eigenvalue weighted by Gasteiger charge is 2.18. The minimum atomic E-state index is -3.64. The fourth-order valence-corrected chi connectivity index (χ4v) is 4.32. The predicted molar refractivity (Wildman–Crippen MR) is 106 cm³/mol. The normalized spacial score (nSPS) is 13.1. The maximum Gasteiger partial charge on any atom is 0.240 e. The number of fused-ring (bicyclic) bond motifs is 1. The molecule has 7 nitrogen and oxygen atoms in total. The maximum atomic E-state index is 12.5. The molecule has 1 amide bonds. The van der Waals surface area contributed by atoms with E-state index in [0.29, 0.717) is 17.2 Å². The summed E-state index contributed by atoms with van der Waals surface area (Å²) in [6, 6.07) is 10.2. The standard InChI is InChI=1S/C20H24N2O5S/c1-26-18-9-7-16(13-19(18)27-2)22-20(23)10-11-21-28(24,25)17-8-6-14-4-3-5-15(14)12-17/h6-9,12-13,21H,3-5,10-11H2,1-2H3,(H,22,23). The van der Waals surface area contributed by atoms with E-state index in [1.54, 1.807) is 30.3 Å². The minimum Gasteiger partial charge on any atom is -0.493 e. The summed E-state index contributed by atoms with van der Waals surface area (Å²) in [5.41, 5.74) is 2.85. The van der Waals surface area contributed by atoms with Crippen molar-refractivity contribution in [2.45, 2.75) is 30.6 Å². The van der Waals surface area contributed by atoms with Crippen LogP contribution in [0.4, 0.5) is 5.69 Å². The fraction of sp³-hybridized carbons (Fsp3) is 0.350. The SMILES string of the molecule is COc1ccc(NC(=O)CCNS(=O)(=O)c2ccc3c(c2)CCC3)cc1OC. The zero-order chi connectivity index (χ0) is 20.1. The monoisotopic (exact) mass is 404 g/mol. The zero-order valence-corrected chi connectivity index (χ0v) is 16.8. The van der Waals surface area contributed by atoms with E-state index in [1.807, 2.05) is 6.07 Å². The van der Waals surface area contributed by atoms with Crippen molar-refractivity contribution >= 4 is 21.6 Å². The lowest BCUT2D eigenvalue weighted by Gasteiger charge is -2.11. The van der Waals surface area contributed by atoms with Crippen molar-refractivity contribution < 1.29 is 22.7 Å². The second-order valence-corrected chi connectivity index (χ2v) is 8.32. The number of hydrogen-bond acceptors (Lipinski definition) is 5. The van der Waals surface area contributed by atoms with Gasteiger partial charge < -0.3 is 14.8 Å². The van der Waals surface area contributed by atoms with Gasteiger partial charge in [0.1, 0.15) is 0 Å². The van der Waals surface area contributed by atoms with Gasteiger partial charge in [0.2, 0.25) is 15.9 Å². The molecule has 28 heavy (non-hydrogen) atoms. The summed E-state index contributed by atoms with van der Waals surface area (Å²) >= 11 is 0. The Morgan fingerprint density at radius 2 is 1.75 bits per heavy atom. The largest absolute Gasteiger partial charge is 0.493 e. The van der Waals surface area contributed by atoms with E-state index >= 15 is 0 Å². The number of methoxy groups -OCH3 is 2. The van der Waals surface area contributed by atoms with Crippen LogP contribution >= 0.6 is 0 Å². The van der Waals surface area contributed by atoms with Crippen molar-refractivity contribution in [3.8, 4) is 11.5 Å². The molecular formula is C20H24N2O5S. The molecule has 0 aliphatic heterocycles. The molecule has 1 aliphatic rings. The molecule has 0 heterocycles. The van der Waals surface area contributed by atoms with Crippen LogP contribution < -0.4 is 19.5 Å². The first-order valence-electron chi connectivity index (χ1n) is 9.06. The molecule has 0 bridgehead atoms. The average Bonchev–Trinajstić information content (AvgIpc) is 3.15. The highest BCUT2D eigenvalue weighted by atomic mass is 32.2. The van der Waals surface area contributed by atoms with E-state index in [1.165, 1.54) is 19.8 Å². The fourth-order valence-electron chi connectivity index (χ4n) is 3.24. The molecule has 8 heteroatoms. The van der Waals surface area contributed by atoms with Gasteiger partial charge in [-0.25, -0.2) is 13.1 Å². The van der Waals surface area contributed by atoms with Crippen molar-refractivity contribution in [3.05, 3.63) is 47.5 Å². The number of benzene rings is 2. The highest BCUT2D eigenvalue weighted by Crippen LogP contribution is 2.29. The summed E-state index contributed by atoms with van der Waals surface area (Å²) in [4.78, 5) is 12.4. The molecule has 0 atom stereocenters. The molecule has 0 saturated carbocycles. The number of nitrogens with one attached hydrogen (secondary N) is 2. The summed E-state index contributed by atoms with van der Waals surface area (Å²) < 4.78 is 37.7. The lowest BCUT2D eigenvalue weighted by Crippen LogP contribution is -2.28. The van der Waals surface area contributed by atoms with Gasteiger partial charge in [-0.15, -0.1) is 0 Å². The van der Waals surface area contributed by atoms with Gasteiger partial charge in [-0.3, -0.25) is 4.79 Å². The van der Waals surface area contributed by atoms with Crippen molar-refractivity contribution in [2.75, 3.05) is 26.1 Å². The predicted octanol–water partition coefficient (Wildman–Crippen LogP) is 2.50. The lowest BCUT2D eigenvalue weighted by atomic mass is 10.1. The topological polar surface area (TPSA) is 93.7 Å². The smallest absolute Gasteiger partial charge is 0.240 e. The number of ether oxygens (including phenoxy) is 2. The second-order valence-electron chi connectivity index (χ2n) is 6.55. The van der Waals surface area contributed by atoms with Crippen LogP contribution in [0.2, 0.25) is 0 Å². The molecule has 150 valence electrons. The van der Waals surface area contributed by atoms with Gasteiger partial charge in [0.15, 0.2) is 11.5 Å². The number of sulfonamides is 1. The van der Waals surface area contributed by atoms with E-state index in [2.05, 4.69) is 10.0 Å². The van der Waals surface area contributed by atoms with Crippen LogP contribution in [0.3, 0.4) is 0 Å². The van der Waals surface area contributed by atoms with Crippen LogP contribution in [-0.4, -0.2) is 35.1 Å². The number of rotatable bonds is 8. The van der Waals surface area contributed by atoms with Crippen LogP contribution in [0.1, 0.15) is 24.0 Å². The van der Waals surface area contributed by atoms with E-state index in [0.717, 1.165) is 24.8 Å². The van der Waals surface area contributed by atoms with Crippen LogP contribution in [-0.2, 0) is 27.7 Å². The number of carbonyl (C=O) groups is 1. The Balaban J connectivity index is 1.55. The molecular weight excluding hydrogens is 380 g/mol. The van der Waals surface area contributed by atoms with Crippen LogP contribution in [0.25, 0.3) is 0 Å². The third-order valence-electron chi connectivity index (χ3n) is 4.69. The Bertz CT molecular complexity index is 973. The summed E-state index contributed by atoms with van der Waals surface area (Å²) in [6.07, 6.45) is 2.98. The quantitative estimate of drug-likeness (QED) is 0.705. The first-order valence-corrected chi connectivity index (χ1v) is 10.5. The van der Waals surface area contributed by atoms with Crippen LogP contribution in [0.5, 0.6) is 11.5 Å². The number of anilines is 1. The molecule has 0 unspecified atom stereocenters. The van der Waals surface area contributed by atoms with Gasteiger partial charge in [-0.2, -0.15) is 0 Å². The van der Waals surface area contributed by atoms with Crippen LogP contribution in [0, 0.1) is 0 Å². The average molecular weight is 404 g/mol. The number of hydrogen-bond donors (Lipinski definition) is 2. The van der Waals surface area contributed by atoms with E-state index in [4.69, 9.17) is 9.47 Å². The molecule has 2 N–H and O–H groups in total. The molecule has 0 spiro atoms. The van der Waals surface area contributed by atoms with Gasteiger partial charge >= 0.3 is 0 Å². The van der Waals surface area contributed by atoms with Crippen LogP contribution in [0.15, 0.2) is 41.3 Å². The van der Waals surface area contributed by atoms with Gasteiger partial charge in [0.25, 0.3) is 0 Å². The van der Waals surface area contributed by atoms with Gasteiger partial charge in [0, 0.05) is 24.7 Å². The van der Waals surface area contributed by atoms with Gasteiger partial charge in [-0.05, 0) is 54.7 Å². The third-order valence-corrected chi connectivity index (χ3v) is 6.15. The van der Waals surface area contributed by atoms with E-state index in [-0.39, 0.29) is 23.8 Å². The first-order chi connectivity index (χ1) is 13.4. The Labute approximate surface area is 165 Å². The van der Waals surface area contributed by atoms with Crippen molar-refractivity contribution in [2.24, 2.45) is 0 Å². The van der Waals surface area contributed by atoms with E-state index < -0.39 is 10.0 Å². The number of amides is 1. The molecule has 2 aromatic rings. The Hall–Kier alpha value is -2.58. The lowest BCUT2D eigenvalue weighted by molar-refractivity contribution is -0.116.